The number of hydrogen-bond acceptors (Lipinski definition) is 2. The molecule has 0 unspecified atom stereocenters. The number of hydrogen-bond donors (Lipinski definition) is 0. The van der Waals surface area contributed by atoms with E-state index in [1.54, 1.807) is 6.07 Å². The Hall–Kier alpha value is -1.84. The molecule has 24 heavy (non-hydrogen) atoms. The first-order chi connectivity index (χ1) is 11.6. The first-order valence-corrected chi connectivity index (χ1v) is 9.25. The summed E-state index contributed by atoms with van der Waals surface area (Å²) in [6.45, 7) is 9.54. The summed E-state index contributed by atoms with van der Waals surface area (Å²) in [5.41, 5.74) is 1.25. The second-order valence-electron chi connectivity index (χ2n) is 6.85. The predicted molar refractivity (Wildman–Crippen MR) is 97.2 cm³/mol. The van der Waals surface area contributed by atoms with Crippen LogP contribution < -0.4 is 0 Å². The minimum absolute atomic E-state index is 0.0283. The largest absolute Gasteiger partial charge is 0.339 e. The molecule has 1 aromatic carbocycles. The number of carbonyl (C=O) groups is 2. The highest BCUT2D eigenvalue weighted by Crippen LogP contribution is 2.19. The third kappa shape index (κ3) is 4.59. The summed E-state index contributed by atoms with van der Waals surface area (Å²) in [6, 6.07) is 7.22. The van der Waals surface area contributed by atoms with E-state index in [1.807, 2.05) is 28.0 Å². The second-order valence-corrected chi connectivity index (χ2v) is 6.85. The standard InChI is InChI=1S/C20H30N2O2/c1-4-11-21(12-5-2)19(23)17-7-6-8-18(15-17)20(24)22-13-9-16(3)10-14-22/h6-8,15-16H,4-5,9-14H2,1-3H3. The molecule has 0 spiro atoms. The molecule has 0 radical (unpaired) electrons. The van der Waals surface area contributed by atoms with E-state index in [0.29, 0.717) is 17.0 Å². The van der Waals surface area contributed by atoms with Gasteiger partial charge < -0.3 is 9.80 Å². The van der Waals surface area contributed by atoms with E-state index in [-0.39, 0.29) is 11.8 Å². The normalized spacial score (nSPS) is 15.4. The van der Waals surface area contributed by atoms with Gasteiger partial charge in [-0.2, -0.15) is 0 Å². The fraction of sp³-hybridized carbons (Fsp3) is 0.600. The zero-order chi connectivity index (χ0) is 17.5. The Kier molecular flexibility index (Phi) is 6.83. The quantitative estimate of drug-likeness (QED) is 0.795. The summed E-state index contributed by atoms with van der Waals surface area (Å²) in [5, 5.41) is 0. The van der Waals surface area contributed by atoms with Gasteiger partial charge in [-0.05, 0) is 49.8 Å². The van der Waals surface area contributed by atoms with Gasteiger partial charge in [0.05, 0.1) is 0 Å². The van der Waals surface area contributed by atoms with Crippen LogP contribution >= 0.6 is 0 Å². The molecule has 0 saturated carbocycles. The fourth-order valence-electron chi connectivity index (χ4n) is 3.22. The van der Waals surface area contributed by atoms with E-state index < -0.39 is 0 Å². The molecule has 1 aliphatic rings. The molecular weight excluding hydrogens is 300 g/mol. The monoisotopic (exact) mass is 330 g/mol. The van der Waals surface area contributed by atoms with Gasteiger partial charge in [-0.25, -0.2) is 0 Å². The average molecular weight is 330 g/mol. The fourth-order valence-corrected chi connectivity index (χ4v) is 3.22. The van der Waals surface area contributed by atoms with E-state index in [1.165, 1.54) is 0 Å². The lowest BCUT2D eigenvalue weighted by molar-refractivity contribution is 0.0697. The number of amides is 2. The maximum atomic E-state index is 12.7. The highest BCUT2D eigenvalue weighted by Gasteiger charge is 2.22. The van der Waals surface area contributed by atoms with E-state index in [2.05, 4.69) is 20.8 Å². The topological polar surface area (TPSA) is 40.6 Å². The van der Waals surface area contributed by atoms with E-state index in [4.69, 9.17) is 0 Å². The van der Waals surface area contributed by atoms with Crippen molar-refractivity contribution >= 4 is 11.8 Å². The lowest BCUT2D eigenvalue weighted by Crippen LogP contribution is -2.38. The van der Waals surface area contributed by atoms with Crippen LogP contribution in [-0.4, -0.2) is 47.8 Å². The van der Waals surface area contributed by atoms with Gasteiger partial charge in [-0.1, -0.05) is 26.8 Å². The van der Waals surface area contributed by atoms with Gasteiger partial charge in [0.15, 0.2) is 0 Å². The Bertz CT molecular complexity index is 557. The first-order valence-electron chi connectivity index (χ1n) is 9.25. The van der Waals surface area contributed by atoms with Gasteiger partial charge >= 0.3 is 0 Å². The maximum absolute atomic E-state index is 12.7. The van der Waals surface area contributed by atoms with Gasteiger partial charge in [0.25, 0.3) is 11.8 Å². The summed E-state index contributed by atoms with van der Waals surface area (Å²) >= 11 is 0. The lowest BCUT2D eigenvalue weighted by Gasteiger charge is -2.30. The lowest BCUT2D eigenvalue weighted by atomic mass is 9.98. The summed E-state index contributed by atoms with van der Waals surface area (Å²) in [4.78, 5) is 29.2. The summed E-state index contributed by atoms with van der Waals surface area (Å²) < 4.78 is 0. The highest BCUT2D eigenvalue weighted by atomic mass is 16.2. The Labute approximate surface area is 145 Å². The third-order valence-electron chi connectivity index (χ3n) is 4.70. The van der Waals surface area contributed by atoms with Gasteiger partial charge in [-0.3, -0.25) is 9.59 Å². The number of carbonyl (C=O) groups excluding carboxylic acids is 2. The van der Waals surface area contributed by atoms with Crippen molar-refractivity contribution in [3.05, 3.63) is 35.4 Å². The molecule has 132 valence electrons. The number of rotatable bonds is 6. The van der Waals surface area contributed by atoms with E-state index in [0.717, 1.165) is 51.9 Å². The van der Waals surface area contributed by atoms with Gasteiger partial charge in [0, 0.05) is 37.3 Å². The summed E-state index contributed by atoms with van der Waals surface area (Å²) in [7, 11) is 0. The van der Waals surface area contributed by atoms with Crippen LogP contribution in [0.25, 0.3) is 0 Å². The minimum atomic E-state index is 0.0283. The second kappa shape index (κ2) is 8.86. The van der Waals surface area contributed by atoms with Crippen molar-refractivity contribution in [2.75, 3.05) is 26.2 Å². The third-order valence-corrected chi connectivity index (χ3v) is 4.70. The number of benzene rings is 1. The molecule has 0 atom stereocenters. The number of likely N-dealkylation sites (tertiary alicyclic amines) is 1. The SMILES string of the molecule is CCCN(CCC)C(=O)c1cccc(C(=O)N2CCC(C)CC2)c1. The molecule has 1 fully saturated rings. The van der Waals surface area contributed by atoms with Gasteiger partial charge in [0.1, 0.15) is 0 Å². The molecule has 1 saturated heterocycles. The number of nitrogens with zero attached hydrogens (tertiary/aromatic N) is 2. The van der Waals surface area contributed by atoms with Crippen molar-refractivity contribution in [3.8, 4) is 0 Å². The van der Waals surface area contributed by atoms with Crippen LogP contribution in [0.15, 0.2) is 24.3 Å². The average Bonchev–Trinajstić information content (AvgIpc) is 2.61. The van der Waals surface area contributed by atoms with Crippen molar-refractivity contribution < 1.29 is 9.59 Å². The molecule has 0 aliphatic carbocycles. The Balaban J connectivity index is 2.12. The van der Waals surface area contributed by atoms with Crippen LogP contribution in [0.4, 0.5) is 0 Å². The van der Waals surface area contributed by atoms with Gasteiger partial charge in [0.2, 0.25) is 0 Å². The molecule has 2 rings (SSSR count). The van der Waals surface area contributed by atoms with Crippen LogP contribution in [0.3, 0.4) is 0 Å². The zero-order valence-corrected chi connectivity index (χ0v) is 15.3. The van der Waals surface area contributed by atoms with Crippen LogP contribution in [0.2, 0.25) is 0 Å². The van der Waals surface area contributed by atoms with E-state index in [9.17, 15) is 9.59 Å². The van der Waals surface area contributed by atoms with Crippen molar-refractivity contribution in [1.82, 2.24) is 9.80 Å². The smallest absolute Gasteiger partial charge is 0.253 e. The van der Waals surface area contributed by atoms with Crippen LogP contribution in [0.5, 0.6) is 0 Å². The zero-order valence-electron chi connectivity index (χ0n) is 15.3. The van der Waals surface area contributed by atoms with Crippen molar-refractivity contribution in [2.24, 2.45) is 5.92 Å². The summed E-state index contributed by atoms with van der Waals surface area (Å²) in [6.07, 6.45) is 4.00. The highest BCUT2D eigenvalue weighted by molar-refractivity contribution is 5.99. The van der Waals surface area contributed by atoms with Gasteiger partial charge in [-0.15, -0.1) is 0 Å². The van der Waals surface area contributed by atoms with Crippen LogP contribution in [0.1, 0.15) is 67.2 Å². The molecular formula is C20H30N2O2. The Morgan fingerprint density at radius 1 is 1.08 bits per heavy atom. The molecule has 1 aliphatic heterocycles. The minimum Gasteiger partial charge on any atom is -0.339 e. The van der Waals surface area contributed by atoms with Crippen molar-refractivity contribution in [2.45, 2.75) is 46.5 Å². The molecule has 4 heteroatoms. The molecule has 4 nitrogen and oxygen atoms in total. The predicted octanol–water partition coefficient (Wildman–Crippen LogP) is 3.82. The van der Waals surface area contributed by atoms with Crippen LogP contribution in [-0.2, 0) is 0 Å². The maximum Gasteiger partial charge on any atom is 0.253 e. The molecule has 2 amide bonds. The molecule has 1 heterocycles. The first kappa shape index (κ1) is 18.5. The van der Waals surface area contributed by atoms with E-state index >= 15 is 0 Å². The van der Waals surface area contributed by atoms with Crippen molar-refractivity contribution in [3.63, 3.8) is 0 Å². The Morgan fingerprint density at radius 2 is 1.67 bits per heavy atom. The molecule has 0 aromatic heterocycles. The summed E-state index contributed by atoms with van der Waals surface area (Å²) in [5.74, 6) is 0.772. The molecule has 1 aromatic rings. The number of piperidine rings is 1. The van der Waals surface area contributed by atoms with Crippen LogP contribution in [0, 0.1) is 5.92 Å². The Morgan fingerprint density at radius 3 is 2.25 bits per heavy atom. The van der Waals surface area contributed by atoms with Crippen molar-refractivity contribution in [1.29, 1.82) is 0 Å². The molecule has 0 N–H and O–H groups in total. The molecule has 0 bridgehead atoms.